The lowest BCUT2D eigenvalue weighted by atomic mass is 9.94. The largest absolute Gasteiger partial charge is 0.494 e. The number of nitrogens with one attached hydrogen (secondary N) is 1. The summed E-state index contributed by atoms with van der Waals surface area (Å²) in [6.45, 7) is 6.93. The van der Waals surface area contributed by atoms with Crippen molar-refractivity contribution in [1.29, 1.82) is 0 Å². The Labute approximate surface area is 227 Å². The van der Waals surface area contributed by atoms with E-state index >= 15 is 0 Å². The molecule has 1 aliphatic rings. The van der Waals surface area contributed by atoms with E-state index in [0.717, 1.165) is 70.1 Å². The van der Waals surface area contributed by atoms with Crippen molar-refractivity contribution in [3.05, 3.63) is 93.8 Å². The van der Waals surface area contributed by atoms with Gasteiger partial charge in [-0.1, -0.05) is 29.7 Å². The quantitative estimate of drug-likeness (QED) is 0.243. The van der Waals surface area contributed by atoms with Crippen LogP contribution < -0.4 is 15.0 Å². The van der Waals surface area contributed by atoms with E-state index in [2.05, 4.69) is 54.6 Å². The number of H-pyrrole nitrogens is 1. The first kappa shape index (κ1) is 25.8. The number of likely N-dealkylation sites (tertiary alicyclic amines) is 1. The van der Waals surface area contributed by atoms with Crippen LogP contribution >= 0.6 is 11.5 Å². The third-order valence-corrected chi connectivity index (χ3v) is 7.68. The zero-order valence-electron chi connectivity index (χ0n) is 21.8. The molecule has 1 fully saturated rings. The molecule has 196 valence electrons. The van der Waals surface area contributed by atoms with Gasteiger partial charge in [0.1, 0.15) is 18.1 Å². The molecular formula is C31H32N2O4S. The van der Waals surface area contributed by atoms with Gasteiger partial charge in [0, 0.05) is 25.6 Å². The highest BCUT2D eigenvalue weighted by molar-refractivity contribution is 7.09. The molecule has 0 atom stereocenters. The lowest BCUT2D eigenvalue weighted by molar-refractivity contribution is -0.127. The SMILES string of the molecule is Cc1cc(OCCCN2CCCC2=O)cc(C)c1-c1cccc(COc2ccc(-c3cc(=O)[nH]s3)cc2)c1. The first-order chi connectivity index (χ1) is 18.5. The number of carbonyl (C=O) groups is 1. The molecule has 7 heteroatoms. The summed E-state index contributed by atoms with van der Waals surface area (Å²) in [6.07, 6.45) is 2.49. The summed E-state index contributed by atoms with van der Waals surface area (Å²) in [5, 5.41) is 0. The first-order valence-electron chi connectivity index (χ1n) is 13.0. The Hall–Kier alpha value is -3.84. The van der Waals surface area contributed by atoms with Crippen molar-refractivity contribution in [2.75, 3.05) is 19.7 Å². The average Bonchev–Trinajstić information content (AvgIpc) is 3.53. The van der Waals surface area contributed by atoms with E-state index in [9.17, 15) is 9.59 Å². The molecule has 0 aliphatic carbocycles. The summed E-state index contributed by atoms with van der Waals surface area (Å²) in [6, 6.07) is 22.0. The predicted molar refractivity (Wildman–Crippen MR) is 152 cm³/mol. The van der Waals surface area contributed by atoms with Gasteiger partial charge in [-0.05, 0) is 103 Å². The van der Waals surface area contributed by atoms with E-state index in [1.54, 1.807) is 6.07 Å². The summed E-state index contributed by atoms with van der Waals surface area (Å²) < 4.78 is 14.8. The summed E-state index contributed by atoms with van der Waals surface area (Å²) in [5.41, 5.74) is 6.68. The van der Waals surface area contributed by atoms with Crippen molar-refractivity contribution in [3.8, 4) is 33.1 Å². The molecule has 5 rings (SSSR count). The van der Waals surface area contributed by atoms with Crippen LogP contribution in [0.1, 0.15) is 36.0 Å². The fraction of sp³-hybridized carbons (Fsp3) is 0.290. The maximum atomic E-state index is 11.8. The maximum Gasteiger partial charge on any atom is 0.258 e. The number of carbonyl (C=O) groups excluding carboxylic acids is 1. The highest BCUT2D eigenvalue weighted by atomic mass is 32.1. The molecule has 0 unspecified atom stereocenters. The zero-order valence-corrected chi connectivity index (χ0v) is 22.6. The van der Waals surface area contributed by atoms with Crippen molar-refractivity contribution >= 4 is 17.4 Å². The molecule has 0 spiro atoms. The van der Waals surface area contributed by atoms with Gasteiger partial charge in [0.25, 0.3) is 5.56 Å². The van der Waals surface area contributed by atoms with Crippen LogP contribution in [-0.4, -0.2) is 34.9 Å². The van der Waals surface area contributed by atoms with Gasteiger partial charge in [-0.25, -0.2) is 0 Å². The third-order valence-electron chi connectivity index (χ3n) is 6.80. The molecule has 2 heterocycles. The molecule has 1 aliphatic heterocycles. The van der Waals surface area contributed by atoms with Crippen molar-refractivity contribution in [3.63, 3.8) is 0 Å². The minimum Gasteiger partial charge on any atom is -0.494 e. The molecule has 6 nitrogen and oxygen atoms in total. The Morgan fingerprint density at radius 1 is 0.895 bits per heavy atom. The molecule has 0 radical (unpaired) electrons. The lowest BCUT2D eigenvalue weighted by Gasteiger charge is -2.17. The fourth-order valence-electron chi connectivity index (χ4n) is 4.97. The topological polar surface area (TPSA) is 71.6 Å². The first-order valence-corrected chi connectivity index (χ1v) is 13.8. The van der Waals surface area contributed by atoms with Crippen molar-refractivity contribution in [2.24, 2.45) is 0 Å². The fourth-order valence-corrected chi connectivity index (χ4v) is 5.66. The molecule has 1 saturated heterocycles. The summed E-state index contributed by atoms with van der Waals surface area (Å²) in [4.78, 5) is 26.0. The van der Waals surface area contributed by atoms with Crippen LogP contribution in [0.4, 0.5) is 0 Å². The van der Waals surface area contributed by atoms with Crippen LogP contribution in [0.25, 0.3) is 21.6 Å². The Morgan fingerprint density at radius 2 is 1.68 bits per heavy atom. The van der Waals surface area contributed by atoms with Crippen LogP contribution in [0.15, 0.2) is 71.5 Å². The normalized spacial score (nSPS) is 13.2. The van der Waals surface area contributed by atoms with Crippen molar-refractivity contribution in [1.82, 2.24) is 9.27 Å². The lowest BCUT2D eigenvalue weighted by Crippen LogP contribution is -2.26. The van der Waals surface area contributed by atoms with Gasteiger partial charge in [-0.3, -0.25) is 14.0 Å². The van der Waals surface area contributed by atoms with Gasteiger partial charge in [0.2, 0.25) is 5.91 Å². The molecule has 0 bridgehead atoms. The second kappa shape index (κ2) is 11.7. The van der Waals surface area contributed by atoms with E-state index in [1.807, 2.05) is 29.2 Å². The number of aromatic nitrogens is 1. The molecule has 1 aromatic heterocycles. The second-order valence-corrected chi connectivity index (χ2v) is 10.6. The minimum atomic E-state index is -0.0792. The summed E-state index contributed by atoms with van der Waals surface area (Å²) in [5.74, 6) is 1.91. The number of benzene rings is 3. The number of ether oxygens (including phenoxy) is 2. The summed E-state index contributed by atoms with van der Waals surface area (Å²) >= 11 is 1.33. The molecule has 0 saturated carbocycles. The standard InChI is InChI=1S/C31H32N2O4S/c1-21-16-27(36-15-5-14-33-13-4-8-30(33)35)17-22(2)31(21)25-7-3-6-23(18-25)20-37-26-11-9-24(10-12-26)28-19-29(34)32-38-28/h3,6-7,9-12,16-19H,4-5,8,13-15,20H2,1-2H3,(H,32,34). The zero-order chi connectivity index (χ0) is 26.5. The number of nitrogens with zero attached hydrogens (tertiary/aromatic N) is 1. The Morgan fingerprint density at radius 3 is 2.37 bits per heavy atom. The predicted octanol–water partition coefficient (Wildman–Crippen LogP) is 6.36. The number of amides is 1. The summed E-state index contributed by atoms with van der Waals surface area (Å²) in [7, 11) is 0. The van der Waals surface area contributed by atoms with Crippen LogP contribution in [0.3, 0.4) is 0 Å². The maximum absolute atomic E-state index is 11.8. The van der Waals surface area contributed by atoms with Gasteiger partial charge in [0.15, 0.2) is 0 Å². The Balaban J connectivity index is 1.20. The smallest absolute Gasteiger partial charge is 0.258 e. The van der Waals surface area contributed by atoms with Gasteiger partial charge in [0.05, 0.1) is 11.5 Å². The second-order valence-electron chi connectivity index (χ2n) is 9.71. The van der Waals surface area contributed by atoms with Gasteiger partial charge in [-0.15, -0.1) is 0 Å². The van der Waals surface area contributed by atoms with Crippen molar-refractivity contribution < 1.29 is 14.3 Å². The van der Waals surface area contributed by atoms with Crippen LogP contribution in [0.5, 0.6) is 11.5 Å². The molecule has 1 amide bonds. The minimum absolute atomic E-state index is 0.0792. The number of hydrogen-bond acceptors (Lipinski definition) is 5. The number of hydrogen-bond donors (Lipinski definition) is 1. The van der Waals surface area contributed by atoms with Crippen LogP contribution in [0.2, 0.25) is 0 Å². The molecule has 3 aromatic carbocycles. The highest BCUT2D eigenvalue weighted by Gasteiger charge is 2.19. The van der Waals surface area contributed by atoms with E-state index in [0.29, 0.717) is 19.6 Å². The number of rotatable bonds is 10. The van der Waals surface area contributed by atoms with Crippen molar-refractivity contribution in [2.45, 2.75) is 39.7 Å². The molecule has 4 aromatic rings. The van der Waals surface area contributed by atoms with Crippen LogP contribution in [-0.2, 0) is 11.4 Å². The number of aromatic amines is 1. The molecular weight excluding hydrogens is 496 g/mol. The van der Waals surface area contributed by atoms with Gasteiger partial charge in [-0.2, -0.15) is 0 Å². The van der Waals surface area contributed by atoms with Gasteiger partial charge >= 0.3 is 0 Å². The van der Waals surface area contributed by atoms with E-state index in [1.165, 1.54) is 17.1 Å². The number of aryl methyl sites for hydroxylation is 2. The Kier molecular flexibility index (Phi) is 7.94. The van der Waals surface area contributed by atoms with E-state index in [-0.39, 0.29) is 11.5 Å². The van der Waals surface area contributed by atoms with Crippen LogP contribution in [0, 0.1) is 13.8 Å². The Bertz CT molecular complexity index is 1450. The third kappa shape index (κ3) is 6.17. The highest BCUT2D eigenvalue weighted by Crippen LogP contribution is 2.32. The van der Waals surface area contributed by atoms with Gasteiger partial charge < -0.3 is 14.4 Å². The molecule has 38 heavy (non-hydrogen) atoms. The monoisotopic (exact) mass is 528 g/mol. The molecule has 1 N–H and O–H groups in total. The van der Waals surface area contributed by atoms with E-state index in [4.69, 9.17) is 9.47 Å². The van der Waals surface area contributed by atoms with E-state index < -0.39 is 0 Å². The average molecular weight is 529 g/mol.